The number of allylic oxidation sites excluding steroid dienone is 1. The summed E-state index contributed by atoms with van der Waals surface area (Å²) in [6, 6.07) is 9.01. The molecule has 2 heterocycles. The molecule has 1 aliphatic carbocycles. The van der Waals surface area contributed by atoms with Crippen LogP contribution in [0.3, 0.4) is 0 Å². The SMILES string of the molecule is C=CCn1nc(C(=O)N2CCCCC2)c2c1CCC(NCc1cccc(C)c1)C2. The molecule has 0 spiro atoms. The second-order valence-corrected chi connectivity index (χ2v) is 8.41. The molecule has 2 aliphatic rings. The molecule has 1 amide bonds. The van der Waals surface area contributed by atoms with E-state index in [9.17, 15) is 4.79 Å². The summed E-state index contributed by atoms with van der Waals surface area (Å²) in [5.74, 6) is 0.114. The lowest BCUT2D eigenvalue weighted by Crippen LogP contribution is -2.38. The number of carbonyl (C=O) groups is 1. The van der Waals surface area contributed by atoms with Crippen molar-refractivity contribution in [2.24, 2.45) is 0 Å². The zero-order valence-corrected chi connectivity index (χ0v) is 17.5. The predicted octanol–water partition coefficient (Wildman–Crippen LogP) is 3.65. The first-order valence-corrected chi connectivity index (χ1v) is 10.9. The standard InChI is InChI=1S/C24H32N4O/c1-3-12-28-22-11-10-20(25-17-19-9-7-8-18(2)15-19)16-21(22)23(26-28)24(29)27-13-5-4-6-14-27/h3,7-9,15,20,25H,1,4-6,10-14,16-17H2,2H3. The fourth-order valence-corrected chi connectivity index (χ4v) is 4.64. The van der Waals surface area contributed by atoms with Crippen molar-refractivity contribution in [2.75, 3.05) is 13.1 Å². The Balaban J connectivity index is 1.52. The second kappa shape index (κ2) is 8.95. The average Bonchev–Trinajstić information content (AvgIpc) is 3.10. The summed E-state index contributed by atoms with van der Waals surface area (Å²) in [6.45, 7) is 9.23. The molecule has 1 unspecified atom stereocenters. The third-order valence-electron chi connectivity index (χ3n) is 6.17. The Hall–Kier alpha value is -2.40. The number of nitrogens with zero attached hydrogens (tertiary/aromatic N) is 3. The van der Waals surface area contributed by atoms with Gasteiger partial charge in [0.25, 0.3) is 5.91 Å². The van der Waals surface area contributed by atoms with E-state index in [4.69, 9.17) is 5.10 Å². The van der Waals surface area contributed by atoms with Crippen molar-refractivity contribution in [2.45, 2.75) is 64.6 Å². The number of aromatic nitrogens is 2. The van der Waals surface area contributed by atoms with E-state index in [-0.39, 0.29) is 5.91 Å². The first kappa shape index (κ1) is 19.9. The first-order chi connectivity index (χ1) is 14.2. The van der Waals surface area contributed by atoms with Crippen LogP contribution in [0, 0.1) is 6.92 Å². The normalized spacial score (nSPS) is 19.1. The summed E-state index contributed by atoms with van der Waals surface area (Å²) in [5, 5.41) is 8.46. The Morgan fingerprint density at radius 3 is 2.90 bits per heavy atom. The van der Waals surface area contributed by atoms with Gasteiger partial charge < -0.3 is 10.2 Å². The highest BCUT2D eigenvalue weighted by Gasteiger charge is 2.31. The molecule has 2 aromatic rings. The molecule has 0 bridgehead atoms. The van der Waals surface area contributed by atoms with Gasteiger partial charge >= 0.3 is 0 Å². The smallest absolute Gasteiger partial charge is 0.274 e. The van der Waals surface area contributed by atoms with Crippen molar-refractivity contribution in [3.8, 4) is 0 Å². The van der Waals surface area contributed by atoms with E-state index < -0.39 is 0 Å². The maximum Gasteiger partial charge on any atom is 0.274 e. The molecule has 1 fully saturated rings. The monoisotopic (exact) mass is 392 g/mol. The van der Waals surface area contributed by atoms with Crippen LogP contribution in [0.25, 0.3) is 0 Å². The van der Waals surface area contributed by atoms with E-state index in [2.05, 4.69) is 43.1 Å². The summed E-state index contributed by atoms with van der Waals surface area (Å²) in [7, 11) is 0. The van der Waals surface area contributed by atoms with Gasteiger partial charge in [0.05, 0.1) is 6.54 Å². The van der Waals surface area contributed by atoms with Gasteiger partial charge in [0.1, 0.15) is 0 Å². The number of amides is 1. The molecule has 1 N–H and O–H groups in total. The summed E-state index contributed by atoms with van der Waals surface area (Å²) in [4.78, 5) is 15.2. The van der Waals surface area contributed by atoms with Gasteiger partial charge in [-0.1, -0.05) is 35.9 Å². The summed E-state index contributed by atoms with van der Waals surface area (Å²) >= 11 is 0. The molecular weight excluding hydrogens is 360 g/mol. The maximum atomic E-state index is 13.2. The Bertz CT molecular complexity index is 879. The van der Waals surface area contributed by atoms with E-state index in [1.807, 2.05) is 15.7 Å². The summed E-state index contributed by atoms with van der Waals surface area (Å²) in [6.07, 6.45) is 8.17. The number of hydrogen-bond donors (Lipinski definition) is 1. The van der Waals surface area contributed by atoms with E-state index in [0.29, 0.717) is 18.3 Å². The van der Waals surface area contributed by atoms with Crippen LogP contribution in [0.1, 0.15) is 58.6 Å². The van der Waals surface area contributed by atoms with Gasteiger partial charge in [-0.3, -0.25) is 9.48 Å². The van der Waals surface area contributed by atoms with Crippen molar-refractivity contribution in [1.82, 2.24) is 20.0 Å². The van der Waals surface area contributed by atoms with Crippen molar-refractivity contribution >= 4 is 5.91 Å². The number of rotatable bonds is 6. The molecule has 1 aromatic carbocycles. The Morgan fingerprint density at radius 2 is 2.14 bits per heavy atom. The molecular formula is C24H32N4O. The molecule has 5 nitrogen and oxygen atoms in total. The van der Waals surface area contributed by atoms with E-state index in [1.165, 1.54) is 23.2 Å². The molecule has 1 aromatic heterocycles. The van der Waals surface area contributed by atoms with E-state index >= 15 is 0 Å². The van der Waals surface area contributed by atoms with Gasteiger partial charge in [0.2, 0.25) is 0 Å². The van der Waals surface area contributed by atoms with Crippen LogP contribution < -0.4 is 5.32 Å². The second-order valence-electron chi connectivity index (χ2n) is 8.41. The molecule has 5 heteroatoms. The van der Waals surface area contributed by atoms with E-state index in [1.54, 1.807) is 0 Å². The van der Waals surface area contributed by atoms with Gasteiger partial charge in [-0.05, 0) is 51.0 Å². The highest BCUT2D eigenvalue weighted by molar-refractivity contribution is 5.94. The van der Waals surface area contributed by atoms with Crippen molar-refractivity contribution < 1.29 is 4.79 Å². The number of nitrogens with one attached hydrogen (secondary N) is 1. The molecule has 1 atom stereocenters. The Morgan fingerprint density at radius 1 is 1.31 bits per heavy atom. The van der Waals surface area contributed by atoms with Gasteiger partial charge in [-0.2, -0.15) is 5.10 Å². The Labute approximate surface area is 173 Å². The molecule has 0 saturated carbocycles. The number of hydrogen-bond acceptors (Lipinski definition) is 3. The lowest BCUT2D eigenvalue weighted by atomic mass is 9.90. The molecule has 29 heavy (non-hydrogen) atoms. The van der Waals surface area contributed by atoms with Crippen LogP contribution in [-0.4, -0.2) is 39.7 Å². The topological polar surface area (TPSA) is 50.2 Å². The summed E-state index contributed by atoms with van der Waals surface area (Å²) < 4.78 is 2.00. The van der Waals surface area contributed by atoms with Gasteiger partial charge in [0, 0.05) is 36.9 Å². The van der Waals surface area contributed by atoms with Crippen molar-refractivity contribution in [3.63, 3.8) is 0 Å². The number of fused-ring (bicyclic) bond motifs is 1. The first-order valence-electron chi connectivity index (χ1n) is 10.9. The maximum absolute atomic E-state index is 13.2. The highest BCUT2D eigenvalue weighted by atomic mass is 16.2. The quantitative estimate of drug-likeness (QED) is 0.764. The number of carbonyl (C=O) groups excluding carboxylic acids is 1. The van der Waals surface area contributed by atoms with Gasteiger partial charge in [0.15, 0.2) is 5.69 Å². The van der Waals surface area contributed by atoms with Crippen LogP contribution in [0.4, 0.5) is 0 Å². The predicted molar refractivity (Wildman–Crippen MR) is 116 cm³/mol. The van der Waals surface area contributed by atoms with Crippen LogP contribution in [0.5, 0.6) is 0 Å². The number of aryl methyl sites for hydroxylation is 1. The molecule has 4 rings (SSSR count). The zero-order valence-electron chi connectivity index (χ0n) is 17.5. The zero-order chi connectivity index (χ0) is 20.2. The minimum absolute atomic E-state index is 0.114. The van der Waals surface area contributed by atoms with Gasteiger partial charge in [-0.15, -0.1) is 6.58 Å². The average molecular weight is 393 g/mol. The largest absolute Gasteiger partial charge is 0.337 e. The van der Waals surface area contributed by atoms with Crippen LogP contribution in [0.15, 0.2) is 36.9 Å². The highest BCUT2D eigenvalue weighted by Crippen LogP contribution is 2.27. The van der Waals surface area contributed by atoms with Crippen molar-refractivity contribution in [3.05, 3.63) is 65.0 Å². The minimum Gasteiger partial charge on any atom is -0.337 e. The number of likely N-dealkylation sites (tertiary alicyclic amines) is 1. The van der Waals surface area contributed by atoms with Gasteiger partial charge in [-0.25, -0.2) is 0 Å². The van der Waals surface area contributed by atoms with E-state index in [0.717, 1.165) is 57.3 Å². The lowest BCUT2D eigenvalue weighted by molar-refractivity contribution is 0.0716. The van der Waals surface area contributed by atoms with Crippen LogP contribution in [-0.2, 0) is 25.9 Å². The fraction of sp³-hybridized carbons (Fsp3) is 0.500. The number of benzene rings is 1. The Kier molecular flexibility index (Phi) is 6.14. The summed E-state index contributed by atoms with van der Waals surface area (Å²) in [5.41, 5.74) is 5.64. The van der Waals surface area contributed by atoms with Crippen molar-refractivity contribution in [1.29, 1.82) is 0 Å². The molecule has 154 valence electrons. The van der Waals surface area contributed by atoms with Crippen LogP contribution in [0.2, 0.25) is 0 Å². The third-order valence-corrected chi connectivity index (χ3v) is 6.17. The third kappa shape index (κ3) is 4.45. The molecule has 1 saturated heterocycles. The lowest BCUT2D eigenvalue weighted by Gasteiger charge is -2.28. The molecule has 1 aliphatic heterocycles. The van der Waals surface area contributed by atoms with Crippen LogP contribution >= 0.6 is 0 Å². The minimum atomic E-state index is 0.114. The fourth-order valence-electron chi connectivity index (χ4n) is 4.64. The molecule has 0 radical (unpaired) electrons. The number of piperidine rings is 1.